The summed E-state index contributed by atoms with van der Waals surface area (Å²) in [6, 6.07) is 10.8. The molecule has 0 radical (unpaired) electrons. The second-order valence-corrected chi connectivity index (χ2v) is 7.03. The lowest BCUT2D eigenvalue weighted by Gasteiger charge is -2.37. The molecule has 2 fully saturated rings. The smallest absolute Gasteiger partial charge is 0.232 e. The second-order valence-electron chi connectivity index (χ2n) is 5.98. The van der Waals surface area contributed by atoms with E-state index in [1.54, 1.807) is 11.8 Å². The minimum atomic E-state index is 0.299. The van der Waals surface area contributed by atoms with Crippen molar-refractivity contribution in [3.05, 3.63) is 30.3 Å². The molecule has 0 aliphatic carbocycles. The molecule has 114 valence electrons. The number of benzene rings is 1. The summed E-state index contributed by atoms with van der Waals surface area (Å²) in [5, 5.41) is 0. The van der Waals surface area contributed by atoms with Crippen molar-refractivity contribution in [3.63, 3.8) is 0 Å². The Morgan fingerprint density at radius 3 is 2.62 bits per heavy atom. The van der Waals surface area contributed by atoms with Crippen molar-refractivity contribution in [2.75, 3.05) is 31.9 Å². The van der Waals surface area contributed by atoms with Crippen LogP contribution in [0, 0.1) is 0 Å². The van der Waals surface area contributed by atoms with E-state index in [4.69, 9.17) is 0 Å². The van der Waals surface area contributed by atoms with E-state index >= 15 is 0 Å². The Hall–Kier alpha value is -1.00. The molecule has 0 aromatic heterocycles. The molecule has 0 saturated carbocycles. The van der Waals surface area contributed by atoms with E-state index in [0.717, 1.165) is 19.5 Å². The van der Waals surface area contributed by atoms with Crippen LogP contribution >= 0.6 is 11.8 Å². The number of nitrogens with zero attached hydrogens (tertiary/aromatic N) is 2. The van der Waals surface area contributed by atoms with E-state index in [1.165, 1.54) is 37.2 Å². The van der Waals surface area contributed by atoms with Crippen LogP contribution in [-0.4, -0.2) is 53.7 Å². The first-order valence-corrected chi connectivity index (χ1v) is 9.01. The lowest BCUT2D eigenvalue weighted by Crippen LogP contribution is -2.49. The fourth-order valence-corrected chi connectivity index (χ4v) is 4.16. The average Bonchev–Trinajstić information content (AvgIpc) is 3.08. The van der Waals surface area contributed by atoms with Gasteiger partial charge in [0.15, 0.2) is 0 Å². The Kier molecular flexibility index (Phi) is 5.20. The van der Waals surface area contributed by atoms with Gasteiger partial charge in [-0.05, 0) is 50.9 Å². The molecule has 2 aliphatic rings. The van der Waals surface area contributed by atoms with Crippen molar-refractivity contribution < 1.29 is 4.79 Å². The lowest BCUT2D eigenvalue weighted by molar-refractivity contribution is -0.130. The highest BCUT2D eigenvalue weighted by atomic mass is 32.2. The van der Waals surface area contributed by atoms with Gasteiger partial charge in [0, 0.05) is 24.0 Å². The number of hydrogen-bond donors (Lipinski definition) is 0. The third-order valence-electron chi connectivity index (χ3n) is 4.51. The maximum atomic E-state index is 12.4. The predicted octanol–water partition coefficient (Wildman–Crippen LogP) is 2.87. The van der Waals surface area contributed by atoms with Crippen molar-refractivity contribution >= 4 is 17.7 Å². The molecule has 1 aromatic rings. The van der Waals surface area contributed by atoms with Gasteiger partial charge in [-0.2, -0.15) is 0 Å². The first-order valence-electron chi connectivity index (χ1n) is 8.02. The number of hydrogen-bond acceptors (Lipinski definition) is 3. The fourth-order valence-electron chi connectivity index (χ4n) is 3.34. The zero-order chi connectivity index (χ0) is 14.5. The van der Waals surface area contributed by atoms with E-state index in [-0.39, 0.29) is 0 Å². The third-order valence-corrected chi connectivity index (χ3v) is 5.51. The van der Waals surface area contributed by atoms with Crippen LogP contribution in [0.5, 0.6) is 0 Å². The first kappa shape index (κ1) is 14.9. The topological polar surface area (TPSA) is 23.6 Å². The van der Waals surface area contributed by atoms with Gasteiger partial charge in [-0.3, -0.25) is 9.69 Å². The molecule has 1 amide bonds. The van der Waals surface area contributed by atoms with Crippen LogP contribution < -0.4 is 0 Å². The number of amides is 1. The molecular formula is C17H24N2OS. The SMILES string of the molecule is O=C(CSc1ccccc1)N1CCCC(N2CCCC2)C1. The first-order chi connectivity index (χ1) is 10.3. The van der Waals surface area contributed by atoms with Gasteiger partial charge in [0.1, 0.15) is 0 Å². The van der Waals surface area contributed by atoms with Crippen LogP contribution in [0.4, 0.5) is 0 Å². The van der Waals surface area contributed by atoms with Gasteiger partial charge in [0.2, 0.25) is 5.91 Å². The van der Waals surface area contributed by atoms with Crippen molar-refractivity contribution in [1.29, 1.82) is 0 Å². The van der Waals surface area contributed by atoms with Crippen molar-refractivity contribution in [1.82, 2.24) is 9.80 Å². The largest absolute Gasteiger partial charge is 0.340 e. The van der Waals surface area contributed by atoms with E-state index in [2.05, 4.69) is 21.9 Å². The summed E-state index contributed by atoms with van der Waals surface area (Å²) in [5.41, 5.74) is 0. The summed E-state index contributed by atoms with van der Waals surface area (Å²) >= 11 is 1.65. The van der Waals surface area contributed by atoms with Gasteiger partial charge in [-0.15, -0.1) is 11.8 Å². The minimum Gasteiger partial charge on any atom is -0.340 e. The monoisotopic (exact) mass is 304 g/mol. The lowest BCUT2D eigenvalue weighted by atomic mass is 10.0. The average molecular weight is 304 g/mol. The maximum Gasteiger partial charge on any atom is 0.232 e. The highest BCUT2D eigenvalue weighted by Gasteiger charge is 2.28. The molecule has 1 aromatic carbocycles. The van der Waals surface area contributed by atoms with Crippen LogP contribution in [0.3, 0.4) is 0 Å². The molecular weight excluding hydrogens is 280 g/mol. The van der Waals surface area contributed by atoms with Gasteiger partial charge in [-0.25, -0.2) is 0 Å². The molecule has 1 atom stereocenters. The van der Waals surface area contributed by atoms with E-state index in [0.29, 0.717) is 17.7 Å². The Balaban J connectivity index is 1.49. The number of carbonyl (C=O) groups excluding carboxylic acids is 1. The zero-order valence-electron chi connectivity index (χ0n) is 12.5. The number of rotatable bonds is 4. The summed E-state index contributed by atoms with van der Waals surface area (Å²) in [6.07, 6.45) is 5.07. The number of carbonyl (C=O) groups is 1. The summed E-state index contributed by atoms with van der Waals surface area (Å²) in [5.74, 6) is 0.865. The standard InChI is InChI=1S/C17H24N2OS/c20-17(14-21-16-8-2-1-3-9-16)19-12-6-7-15(13-19)18-10-4-5-11-18/h1-3,8-9,15H,4-7,10-14H2. The molecule has 0 spiro atoms. The molecule has 21 heavy (non-hydrogen) atoms. The molecule has 3 rings (SSSR count). The number of likely N-dealkylation sites (tertiary alicyclic amines) is 2. The summed E-state index contributed by atoms with van der Waals surface area (Å²) in [4.78, 5) is 18.3. The molecule has 4 heteroatoms. The van der Waals surface area contributed by atoms with Crippen LogP contribution in [-0.2, 0) is 4.79 Å². The summed E-state index contributed by atoms with van der Waals surface area (Å²) in [6.45, 7) is 4.34. The number of piperidine rings is 1. The highest BCUT2D eigenvalue weighted by molar-refractivity contribution is 8.00. The van der Waals surface area contributed by atoms with Gasteiger partial charge >= 0.3 is 0 Å². The fraction of sp³-hybridized carbons (Fsp3) is 0.588. The van der Waals surface area contributed by atoms with Gasteiger partial charge in [0.25, 0.3) is 0 Å². The van der Waals surface area contributed by atoms with Crippen molar-refractivity contribution in [2.24, 2.45) is 0 Å². The molecule has 2 heterocycles. The molecule has 2 aliphatic heterocycles. The van der Waals surface area contributed by atoms with Gasteiger partial charge in [0.05, 0.1) is 5.75 Å². The Labute approximate surface area is 131 Å². The van der Waals surface area contributed by atoms with Crippen molar-refractivity contribution in [3.8, 4) is 0 Å². The zero-order valence-corrected chi connectivity index (χ0v) is 13.4. The van der Waals surface area contributed by atoms with Gasteiger partial charge < -0.3 is 4.90 Å². The molecule has 1 unspecified atom stereocenters. The Bertz CT molecular complexity index is 459. The van der Waals surface area contributed by atoms with Crippen LogP contribution in [0.2, 0.25) is 0 Å². The highest BCUT2D eigenvalue weighted by Crippen LogP contribution is 2.22. The van der Waals surface area contributed by atoms with Crippen molar-refractivity contribution in [2.45, 2.75) is 36.6 Å². The minimum absolute atomic E-state index is 0.299. The molecule has 0 bridgehead atoms. The third kappa shape index (κ3) is 4.01. The maximum absolute atomic E-state index is 12.4. The second kappa shape index (κ2) is 7.32. The Morgan fingerprint density at radius 2 is 1.86 bits per heavy atom. The summed E-state index contributed by atoms with van der Waals surface area (Å²) in [7, 11) is 0. The normalized spacial score (nSPS) is 23.4. The van der Waals surface area contributed by atoms with E-state index < -0.39 is 0 Å². The van der Waals surface area contributed by atoms with E-state index in [1.807, 2.05) is 18.2 Å². The van der Waals surface area contributed by atoms with Gasteiger partial charge in [-0.1, -0.05) is 18.2 Å². The molecule has 0 N–H and O–H groups in total. The predicted molar refractivity (Wildman–Crippen MR) is 87.6 cm³/mol. The van der Waals surface area contributed by atoms with Crippen LogP contribution in [0.1, 0.15) is 25.7 Å². The van der Waals surface area contributed by atoms with E-state index in [9.17, 15) is 4.79 Å². The Morgan fingerprint density at radius 1 is 1.10 bits per heavy atom. The molecule has 2 saturated heterocycles. The quantitative estimate of drug-likeness (QED) is 0.799. The van der Waals surface area contributed by atoms with Crippen LogP contribution in [0.25, 0.3) is 0 Å². The van der Waals surface area contributed by atoms with Crippen LogP contribution in [0.15, 0.2) is 35.2 Å². The number of thioether (sulfide) groups is 1. The summed E-state index contributed by atoms with van der Waals surface area (Å²) < 4.78 is 0. The molecule has 3 nitrogen and oxygen atoms in total.